The molecular weight excluding hydrogens is 392 g/mol. The fourth-order valence-corrected chi connectivity index (χ4v) is 3.72. The zero-order chi connectivity index (χ0) is 17.7. The van der Waals surface area contributed by atoms with E-state index in [2.05, 4.69) is 26.0 Å². The minimum atomic E-state index is -3.79. The van der Waals surface area contributed by atoms with E-state index in [1.165, 1.54) is 12.1 Å². The second-order valence-electron chi connectivity index (χ2n) is 5.32. The van der Waals surface area contributed by atoms with E-state index in [9.17, 15) is 13.2 Å². The minimum absolute atomic E-state index is 0.0468. The average molecular weight is 411 g/mol. The fourth-order valence-electron chi connectivity index (χ4n) is 2.09. The van der Waals surface area contributed by atoms with Crippen LogP contribution in [0.3, 0.4) is 0 Å². The number of sulfonamides is 1. The number of hydrogen-bond acceptors (Lipinski definition) is 3. The van der Waals surface area contributed by atoms with Crippen LogP contribution >= 0.6 is 15.9 Å². The van der Waals surface area contributed by atoms with Gasteiger partial charge in [-0.1, -0.05) is 25.1 Å². The van der Waals surface area contributed by atoms with Crippen molar-refractivity contribution in [2.24, 2.45) is 0 Å². The highest BCUT2D eigenvalue weighted by atomic mass is 79.9. The Labute approximate surface area is 150 Å². The number of hydrogen-bond donors (Lipinski definition) is 2. The van der Waals surface area contributed by atoms with Gasteiger partial charge in [0, 0.05) is 16.6 Å². The molecule has 2 aromatic carbocycles. The molecule has 1 amide bonds. The first-order valence-electron chi connectivity index (χ1n) is 7.51. The van der Waals surface area contributed by atoms with Crippen molar-refractivity contribution in [3.63, 3.8) is 0 Å². The van der Waals surface area contributed by atoms with Crippen LogP contribution in [0, 0.1) is 6.92 Å². The summed E-state index contributed by atoms with van der Waals surface area (Å²) in [6, 6.07) is 11.5. The molecule has 0 aliphatic heterocycles. The number of rotatable bonds is 6. The van der Waals surface area contributed by atoms with Crippen LogP contribution in [-0.4, -0.2) is 20.9 Å². The molecule has 24 heavy (non-hydrogen) atoms. The van der Waals surface area contributed by atoms with Crippen molar-refractivity contribution in [2.75, 3.05) is 11.3 Å². The van der Waals surface area contributed by atoms with Gasteiger partial charge in [-0.25, -0.2) is 8.42 Å². The molecule has 0 aliphatic rings. The van der Waals surface area contributed by atoms with Crippen molar-refractivity contribution in [1.82, 2.24) is 5.32 Å². The molecule has 0 saturated carbocycles. The monoisotopic (exact) mass is 410 g/mol. The molecule has 0 fully saturated rings. The molecular formula is C17H19BrN2O3S. The summed E-state index contributed by atoms with van der Waals surface area (Å²) in [7, 11) is -3.79. The van der Waals surface area contributed by atoms with E-state index < -0.39 is 10.0 Å². The van der Waals surface area contributed by atoms with E-state index in [0.29, 0.717) is 22.3 Å². The predicted molar refractivity (Wildman–Crippen MR) is 98.8 cm³/mol. The lowest BCUT2D eigenvalue weighted by Gasteiger charge is -2.12. The van der Waals surface area contributed by atoms with Crippen LogP contribution in [-0.2, 0) is 10.0 Å². The highest BCUT2D eigenvalue weighted by Crippen LogP contribution is 2.25. The third kappa shape index (κ3) is 4.36. The Morgan fingerprint density at radius 2 is 1.88 bits per heavy atom. The quantitative estimate of drug-likeness (QED) is 0.761. The molecule has 2 rings (SSSR count). The lowest BCUT2D eigenvalue weighted by molar-refractivity contribution is 0.0953. The van der Waals surface area contributed by atoms with E-state index in [1.807, 2.05) is 6.92 Å². The first-order valence-corrected chi connectivity index (χ1v) is 9.79. The van der Waals surface area contributed by atoms with E-state index >= 15 is 0 Å². The highest BCUT2D eigenvalue weighted by molar-refractivity contribution is 9.10. The number of benzene rings is 2. The molecule has 0 bridgehead atoms. The van der Waals surface area contributed by atoms with Crippen molar-refractivity contribution >= 4 is 37.5 Å². The smallest absolute Gasteiger partial charge is 0.261 e. The van der Waals surface area contributed by atoms with E-state index in [4.69, 9.17) is 0 Å². The van der Waals surface area contributed by atoms with Crippen LogP contribution in [0.5, 0.6) is 0 Å². The van der Waals surface area contributed by atoms with Gasteiger partial charge < -0.3 is 5.32 Å². The lowest BCUT2D eigenvalue weighted by atomic mass is 10.1. The van der Waals surface area contributed by atoms with E-state index in [-0.39, 0.29) is 10.8 Å². The Hall–Kier alpha value is -1.86. The minimum Gasteiger partial charge on any atom is -0.352 e. The molecule has 0 unspecified atom stereocenters. The van der Waals surface area contributed by atoms with Gasteiger partial charge in [0.1, 0.15) is 0 Å². The zero-order valence-corrected chi connectivity index (χ0v) is 15.9. The second-order valence-corrected chi connectivity index (χ2v) is 7.85. The lowest BCUT2D eigenvalue weighted by Crippen LogP contribution is -2.25. The molecule has 7 heteroatoms. The summed E-state index contributed by atoms with van der Waals surface area (Å²) in [6.45, 7) is 4.28. The fraction of sp³-hybridized carbons (Fsp3) is 0.235. The number of amides is 1. The summed E-state index contributed by atoms with van der Waals surface area (Å²) >= 11 is 3.31. The SMILES string of the molecule is CCCNC(=O)c1cc(S(=O)(=O)Nc2ccccc2Br)ccc1C. The molecule has 0 atom stereocenters. The van der Waals surface area contributed by atoms with Crippen LogP contribution in [0.25, 0.3) is 0 Å². The molecule has 0 radical (unpaired) electrons. The van der Waals surface area contributed by atoms with Gasteiger partial charge in [0.15, 0.2) is 0 Å². The molecule has 2 N–H and O–H groups in total. The van der Waals surface area contributed by atoms with Gasteiger partial charge in [-0.05, 0) is 59.1 Å². The van der Waals surface area contributed by atoms with Crippen LogP contribution in [0.4, 0.5) is 5.69 Å². The summed E-state index contributed by atoms with van der Waals surface area (Å²) in [4.78, 5) is 12.2. The van der Waals surface area contributed by atoms with Crippen molar-refractivity contribution in [1.29, 1.82) is 0 Å². The van der Waals surface area contributed by atoms with Crippen LogP contribution in [0.1, 0.15) is 29.3 Å². The number of halogens is 1. The normalized spacial score (nSPS) is 11.1. The Kier molecular flexibility index (Phi) is 6.01. The van der Waals surface area contributed by atoms with Gasteiger partial charge in [0.25, 0.3) is 15.9 Å². The Morgan fingerprint density at radius 1 is 1.17 bits per heavy atom. The largest absolute Gasteiger partial charge is 0.352 e. The number of anilines is 1. The van der Waals surface area contributed by atoms with Crippen molar-refractivity contribution < 1.29 is 13.2 Å². The maximum Gasteiger partial charge on any atom is 0.261 e. The standard InChI is InChI=1S/C17H19BrN2O3S/c1-3-10-19-17(21)14-11-13(9-8-12(14)2)24(22,23)20-16-7-5-4-6-15(16)18/h4-9,11,20H,3,10H2,1-2H3,(H,19,21). The first kappa shape index (κ1) is 18.5. The molecule has 0 spiro atoms. The molecule has 0 aromatic heterocycles. The molecule has 128 valence electrons. The summed E-state index contributed by atoms with van der Waals surface area (Å²) < 4.78 is 28.3. The van der Waals surface area contributed by atoms with Gasteiger partial charge in [0.2, 0.25) is 0 Å². The Morgan fingerprint density at radius 3 is 2.54 bits per heavy atom. The van der Waals surface area contributed by atoms with Crippen LogP contribution < -0.4 is 10.0 Å². The second kappa shape index (κ2) is 7.81. The van der Waals surface area contributed by atoms with Crippen molar-refractivity contribution in [3.05, 3.63) is 58.1 Å². The predicted octanol–water partition coefficient (Wildman–Crippen LogP) is 3.70. The van der Waals surface area contributed by atoms with Gasteiger partial charge in [-0.15, -0.1) is 0 Å². The topological polar surface area (TPSA) is 75.3 Å². The maximum absolute atomic E-state index is 12.6. The summed E-state index contributed by atoms with van der Waals surface area (Å²) in [5, 5.41) is 2.77. The van der Waals surface area contributed by atoms with Gasteiger partial charge in [-0.3, -0.25) is 9.52 Å². The van der Waals surface area contributed by atoms with E-state index in [0.717, 1.165) is 12.0 Å². The molecule has 0 aliphatic carbocycles. The van der Waals surface area contributed by atoms with Crippen LogP contribution in [0.2, 0.25) is 0 Å². The molecule has 2 aromatic rings. The van der Waals surface area contributed by atoms with Gasteiger partial charge in [-0.2, -0.15) is 0 Å². The van der Waals surface area contributed by atoms with Crippen LogP contribution in [0.15, 0.2) is 51.8 Å². The molecule has 0 saturated heterocycles. The molecule has 5 nitrogen and oxygen atoms in total. The summed E-state index contributed by atoms with van der Waals surface area (Å²) in [5.74, 6) is -0.271. The third-order valence-corrected chi connectivity index (χ3v) is 5.47. The zero-order valence-electron chi connectivity index (χ0n) is 13.5. The summed E-state index contributed by atoms with van der Waals surface area (Å²) in [5.41, 5.74) is 1.52. The number of aryl methyl sites for hydroxylation is 1. The number of carbonyl (C=O) groups excluding carboxylic acids is 1. The highest BCUT2D eigenvalue weighted by Gasteiger charge is 2.19. The third-order valence-electron chi connectivity index (χ3n) is 3.42. The number of nitrogens with one attached hydrogen (secondary N) is 2. The summed E-state index contributed by atoms with van der Waals surface area (Å²) in [6.07, 6.45) is 0.812. The Bertz CT molecular complexity index is 851. The van der Waals surface area contributed by atoms with Crippen molar-refractivity contribution in [3.8, 4) is 0 Å². The Balaban J connectivity index is 2.34. The number of carbonyl (C=O) groups is 1. The first-order chi connectivity index (χ1) is 11.3. The van der Waals surface area contributed by atoms with Gasteiger partial charge in [0.05, 0.1) is 10.6 Å². The number of para-hydroxylation sites is 1. The van der Waals surface area contributed by atoms with E-state index in [1.54, 1.807) is 37.3 Å². The van der Waals surface area contributed by atoms with Crippen molar-refractivity contribution in [2.45, 2.75) is 25.2 Å². The molecule has 0 heterocycles. The average Bonchev–Trinajstić information content (AvgIpc) is 2.54. The maximum atomic E-state index is 12.6. The van der Waals surface area contributed by atoms with Gasteiger partial charge >= 0.3 is 0 Å².